The van der Waals surface area contributed by atoms with E-state index in [-0.39, 0.29) is 12.0 Å². The van der Waals surface area contributed by atoms with E-state index in [4.69, 9.17) is 5.73 Å². The van der Waals surface area contributed by atoms with Gasteiger partial charge in [0.25, 0.3) is 0 Å². The minimum atomic E-state index is -4.65. The third kappa shape index (κ3) is 1.80. The highest BCUT2D eigenvalue weighted by Crippen LogP contribution is 2.40. The predicted octanol–water partition coefficient (Wildman–Crippen LogP) is 3.18. The van der Waals surface area contributed by atoms with Gasteiger partial charge in [-0.3, -0.25) is 0 Å². The summed E-state index contributed by atoms with van der Waals surface area (Å²) in [6.07, 6.45) is -3.18. The zero-order chi connectivity index (χ0) is 11.9. The van der Waals surface area contributed by atoms with E-state index in [9.17, 15) is 17.6 Å². The van der Waals surface area contributed by atoms with Gasteiger partial charge in [0.05, 0.1) is 5.56 Å². The van der Waals surface area contributed by atoms with Gasteiger partial charge in [0.15, 0.2) is 0 Å². The zero-order valence-electron chi connectivity index (χ0n) is 8.44. The molecule has 0 heterocycles. The number of fused-ring (bicyclic) bond motifs is 1. The van der Waals surface area contributed by atoms with Crippen LogP contribution in [0.5, 0.6) is 0 Å². The molecule has 1 aliphatic carbocycles. The Morgan fingerprint density at radius 2 is 1.94 bits per heavy atom. The molecule has 88 valence electrons. The second kappa shape index (κ2) is 3.73. The van der Waals surface area contributed by atoms with Gasteiger partial charge in [0.1, 0.15) is 5.82 Å². The summed E-state index contributed by atoms with van der Waals surface area (Å²) in [4.78, 5) is 0. The first-order valence-corrected chi connectivity index (χ1v) is 5.05. The lowest BCUT2D eigenvalue weighted by atomic mass is 9.85. The summed E-state index contributed by atoms with van der Waals surface area (Å²) in [5.41, 5.74) is 5.04. The van der Waals surface area contributed by atoms with Crippen LogP contribution in [0, 0.1) is 5.82 Å². The molecule has 1 aromatic carbocycles. The molecule has 1 aromatic rings. The Balaban J connectivity index is 2.64. The van der Waals surface area contributed by atoms with Gasteiger partial charge in [-0.2, -0.15) is 13.2 Å². The van der Waals surface area contributed by atoms with Crippen LogP contribution < -0.4 is 5.73 Å². The second-order valence-electron chi connectivity index (χ2n) is 3.99. The fraction of sp³-hybridized carbons (Fsp3) is 0.455. The van der Waals surface area contributed by atoms with E-state index >= 15 is 0 Å². The van der Waals surface area contributed by atoms with Crippen LogP contribution in [0.15, 0.2) is 12.1 Å². The van der Waals surface area contributed by atoms with Crippen LogP contribution in [0.4, 0.5) is 17.6 Å². The molecule has 16 heavy (non-hydrogen) atoms. The highest BCUT2D eigenvalue weighted by atomic mass is 19.4. The van der Waals surface area contributed by atoms with Crippen molar-refractivity contribution in [2.24, 2.45) is 5.73 Å². The zero-order valence-corrected chi connectivity index (χ0v) is 8.44. The van der Waals surface area contributed by atoms with Gasteiger partial charge >= 0.3 is 6.18 Å². The average Bonchev–Trinajstić information content (AvgIpc) is 2.15. The third-order valence-corrected chi connectivity index (χ3v) is 2.92. The molecule has 1 atom stereocenters. The Labute approximate surface area is 90.3 Å². The summed E-state index contributed by atoms with van der Waals surface area (Å²) in [7, 11) is 0. The normalized spacial score (nSPS) is 20.7. The van der Waals surface area contributed by atoms with E-state index < -0.39 is 23.6 Å². The van der Waals surface area contributed by atoms with E-state index in [0.29, 0.717) is 18.4 Å². The van der Waals surface area contributed by atoms with Crippen LogP contribution in [0.1, 0.15) is 35.6 Å². The SMILES string of the molecule is NC1CCCc2c1ccc(F)c2C(F)(F)F. The maximum atomic E-state index is 13.2. The Morgan fingerprint density at radius 3 is 2.56 bits per heavy atom. The van der Waals surface area contributed by atoms with Gasteiger partial charge in [-0.05, 0) is 36.5 Å². The summed E-state index contributed by atoms with van der Waals surface area (Å²) in [5, 5.41) is 0. The lowest BCUT2D eigenvalue weighted by Crippen LogP contribution is -2.22. The maximum absolute atomic E-state index is 13.2. The fourth-order valence-electron chi connectivity index (χ4n) is 2.21. The van der Waals surface area contributed by atoms with Crippen molar-refractivity contribution in [1.82, 2.24) is 0 Å². The van der Waals surface area contributed by atoms with Crippen LogP contribution in [-0.4, -0.2) is 0 Å². The molecular formula is C11H11F4N. The van der Waals surface area contributed by atoms with Gasteiger partial charge in [-0.1, -0.05) is 6.07 Å². The maximum Gasteiger partial charge on any atom is 0.419 e. The Bertz CT molecular complexity index is 411. The van der Waals surface area contributed by atoms with Crippen molar-refractivity contribution in [3.8, 4) is 0 Å². The van der Waals surface area contributed by atoms with E-state index in [1.54, 1.807) is 0 Å². The number of hydrogen-bond donors (Lipinski definition) is 1. The molecule has 0 saturated heterocycles. The largest absolute Gasteiger partial charge is 0.419 e. The quantitative estimate of drug-likeness (QED) is 0.684. The predicted molar refractivity (Wildman–Crippen MR) is 51.3 cm³/mol. The minimum Gasteiger partial charge on any atom is -0.324 e. The van der Waals surface area contributed by atoms with Gasteiger partial charge in [-0.25, -0.2) is 4.39 Å². The first-order valence-electron chi connectivity index (χ1n) is 5.05. The minimum absolute atomic E-state index is 0.0336. The molecule has 0 radical (unpaired) electrons. The first-order chi connectivity index (χ1) is 7.41. The van der Waals surface area contributed by atoms with Crippen LogP contribution in [0.2, 0.25) is 0 Å². The highest BCUT2D eigenvalue weighted by Gasteiger charge is 2.38. The van der Waals surface area contributed by atoms with Crippen LogP contribution in [0.25, 0.3) is 0 Å². The smallest absolute Gasteiger partial charge is 0.324 e. The van der Waals surface area contributed by atoms with Crippen molar-refractivity contribution >= 4 is 0 Å². The number of hydrogen-bond acceptors (Lipinski definition) is 1. The molecule has 0 amide bonds. The Kier molecular flexibility index (Phi) is 2.66. The molecule has 1 aliphatic rings. The first kappa shape index (κ1) is 11.4. The summed E-state index contributed by atoms with van der Waals surface area (Å²) >= 11 is 0. The third-order valence-electron chi connectivity index (χ3n) is 2.92. The van der Waals surface area contributed by atoms with Crippen molar-refractivity contribution in [2.45, 2.75) is 31.5 Å². The average molecular weight is 233 g/mol. The van der Waals surface area contributed by atoms with E-state index in [2.05, 4.69) is 0 Å². The topological polar surface area (TPSA) is 26.0 Å². The second-order valence-corrected chi connectivity index (χ2v) is 3.99. The van der Waals surface area contributed by atoms with Crippen LogP contribution in [-0.2, 0) is 12.6 Å². The highest BCUT2D eigenvalue weighted by molar-refractivity contribution is 5.41. The molecule has 1 nitrogen and oxygen atoms in total. The van der Waals surface area contributed by atoms with Crippen LogP contribution >= 0.6 is 0 Å². The number of rotatable bonds is 0. The van der Waals surface area contributed by atoms with Crippen molar-refractivity contribution in [3.05, 3.63) is 34.6 Å². The molecule has 0 aromatic heterocycles. The molecule has 1 unspecified atom stereocenters. The van der Waals surface area contributed by atoms with Crippen LogP contribution in [0.3, 0.4) is 0 Å². The van der Waals surface area contributed by atoms with E-state index in [1.165, 1.54) is 6.07 Å². The van der Waals surface area contributed by atoms with E-state index in [0.717, 1.165) is 6.07 Å². The van der Waals surface area contributed by atoms with Gasteiger partial charge in [-0.15, -0.1) is 0 Å². The molecular weight excluding hydrogens is 222 g/mol. The number of halogens is 4. The van der Waals surface area contributed by atoms with Gasteiger partial charge < -0.3 is 5.73 Å². The molecule has 0 spiro atoms. The monoisotopic (exact) mass is 233 g/mol. The molecule has 0 saturated carbocycles. The molecule has 0 fully saturated rings. The number of nitrogens with two attached hydrogens (primary N) is 1. The molecule has 0 bridgehead atoms. The number of benzene rings is 1. The van der Waals surface area contributed by atoms with Crippen molar-refractivity contribution in [3.63, 3.8) is 0 Å². The van der Waals surface area contributed by atoms with Gasteiger partial charge in [0, 0.05) is 6.04 Å². The van der Waals surface area contributed by atoms with E-state index in [1.807, 2.05) is 0 Å². The van der Waals surface area contributed by atoms with Crippen molar-refractivity contribution in [1.29, 1.82) is 0 Å². The molecule has 0 aliphatic heterocycles. The summed E-state index contributed by atoms with van der Waals surface area (Å²) in [6.45, 7) is 0. The van der Waals surface area contributed by atoms with Gasteiger partial charge in [0.2, 0.25) is 0 Å². The molecule has 2 rings (SSSR count). The summed E-state index contributed by atoms with van der Waals surface area (Å²) < 4.78 is 51.3. The standard InChI is InChI=1S/C11H11F4N/c12-8-5-4-6-7(2-1-3-9(6)16)10(8)11(13,14)15/h4-5,9H,1-3,16H2. The lowest BCUT2D eigenvalue weighted by Gasteiger charge is -2.25. The molecule has 2 N–H and O–H groups in total. The summed E-state index contributed by atoms with van der Waals surface area (Å²) in [6, 6.07) is 1.81. The fourth-order valence-corrected chi connectivity index (χ4v) is 2.21. The molecule has 5 heteroatoms. The number of alkyl halides is 3. The Morgan fingerprint density at radius 1 is 1.25 bits per heavy atom. The van der Waals surface area contributed by atoms with Crippen molar-refractivity contribution in [2.75, 3.05) is 0 Å². The summed E-state index contributed by atoms with van der Waals surface area (Å²) in [5.74, 6) is -1.21. The lowest BCUT2D eigenvalue weighted by molar-refractivity contribution is -0.140. The Hall–Kier alpha value is -1.10. The van der Waals surface area contributed by atoms with Crippen molar-refractivity contribution < 1.29 is 17.6 Å².